The molecule has 0 aromatic heterocycles. The number of nitrogen functional groups attached to an aromatic ring is 1. The lowest BCUT2D eigenvalue weighted by Gasteiger charge is -2.04. The predicted molar refractivity (Wildman–Crippen MR) is 58.5 cm³/mol. The van der Waals surface area contributed by atoms with Gasteiger partial charge in [0.25, 0.3) is 0 Å². The molecule has 5 heteroatoms. The van der Waals surface area contributed by atoms with Crippen LogP contribution in [0.25, 0.3) is 0 Å². The minimum absolute atomic E-state index is 0.316. The van der Waals surface area contributed by atoms with Gasteiger partial charge in [-0.15, -0.1) is 0 Å². The first-order chi connectivity index (χ1) is 7.54. The number of carboxylic acid groups (broad SMARTS) is 1. The van der Waals surface area contributed by atoms with Crippen molar-refractivity contribution in [3.05, 3.63) is 35.9 Å². The zero-order chi connectivity index (χ0) is 12.1. The zero-order valence-corrected chi connectivity index (χ0v) is 8.64. The topological polar surface area (TPSA) is 89.6 Å². The Labute approximate surface area is 92.1 Å². The van der Waals surface area contributed by atoms with Crippen LogP contribution in [0.1, 0.15) is 10.4 Å². The molecule has 0 aliphatic rings. The molecular weight excluding hydrogens is 210 g/mol. The Hall–Kier alpha value is -2.30. The molecule has 5 nitrogen and oxygen atoms in total. The Bertz CT molecular complexity index is 451. The number of carboxylic acids is 1. The van der Waals surface area contributed by atoms with E-state index >= 15 is 0 Å². The summed E-state index contributed by atoms with van der Waals surface area (Å²) in [7, 11) is 1.47. The van der Waals surface area contributed by atoms with Crippen LogP contribution in [0.2, 0.25) is 0 Å². The number of aliphatic carboxylic acids is 1. The quantitative estimate of drug-likeness (QED) is 0.451. The Kier molecular flexibility index (Phi) is 3.66. The fourth-order valence-corrected chi connectivity index (χ4v) is 1.13. The van der Waals surface area contributed by atoms with Gasteiger partial charge in [-0.25, -0.2) is 4.79 Å². The minimum Gasteiger partial charge on any atom is -0.495 e. The fourth-order valence-electron chi connectivity index (χ4n) is 1.13. The lowest BCUT2D eigenvalue weighted by molar-refractivity contribution is -0.131. The molecule has 0 amide bonds. The lowest BCUT2D eigenvalue weighted by atomic mass is 10.1. The van der Waals surface area contributed by atoms with Gasteiger partial charge in [-0.2, -0.15) is 0 Å². The van der Waals surface area contributed by atoms with Crippen molar-refractivity contribution in [3.8, 4) is 5.75 Å². The molecule has 3 N–H and O–H groups in total. The molecule has 0 unspecified atom stereocenters. The van der Waals surface area contributed by atoms with Gasteiger partial charge in [-0.05, 0) is 24.3 Å². The molecule has 1 aromatic rings. The number of anilines is 1. The maximum atomic E-state index is 11.5. The number of carbonyl (C=O) groups is 2. The number of hydrogen-bond donors (Lipinski definition) is 2. The second-order valence-electron chi connectivity index (χ2n) is 2.99. The molecule has 0 aliphatic carbocycles. The number of hydrogen-bond acceptors (Lipinski definition) is 4. The van der Waals surface area contributed by atoms with Crippen LogP contribution in [0, 0.1) is 0 Å². The van der Waals surface area contributed by atoms with E-state index in [0.29, 0.717) is 17.0 Å². The van der Waals surface area contributed by atoms with Crippen LogP contribution in [0.5, 0.6) is 5.75 Å². The Morgan fingerprint density at radius 3 is 2.56 bits per heavy atom. The van der Waals surface area contributed by atoms with Crippen molar-refractivity contribution in [1.29, 1.82) is 0 Å². The van der Waals surface area contributed by atoms with Crippen molar-refractivity contribution in [2.45, 2.75) is 0 Å². The maximum Gasteiger partial charge on any atom is 0.328 e. The molecule has 1 aromatic carbocycles. The van der Waals surface area contributed by atoms with Crippen LogP contribution < -0.4 is 10.5 Å². The summed E-state index contributed by atoms with van der Waals surface area (Å²) >= 11 is 0. The average molecular weight is 221 g/mol. The summed E-state index contributed by atoms with van der Waals surface area (Å²) in [5.74, 6) is -1.12. The van der Waals surface area contributed by atoms with Gasteiger partial charge in [0.15, 0.2) is 5.78 Å². The van der Waals surface area contributed by atoms with Gasteiger partial charge in [0.2, 0.25) is 0 Å². The van der Waals surface area contributed by atoms with Gasteiger partial charge < -0.3 is 15.6 Å². The summed E-state index contributed by atoms with van der Waals surface area (Å²) in [6.45, 7) is 0. The first-order valence-corrected chi connectivity index (χ1v) is 4.43. The van der Waals surface area contributed by atoms with Crippen molar-refractivity contribution < 1.29 is 19.4 Å². The van der Waals surface area contributed by atoms with Crippen LogP contribution >= 0.6 is 0 Å². The van der Waals surface area contributed by atoms with E-state index in [0.717, 1.165) is 12.2 Å². The molecular formula is C11H11NO4. The third kappa shape index (κ3) is 2.84. The molecule has 0 radical (unpaired) electrons. The first kappa shape index (κ1) is 11.8. The number of ketones is 1. The number of ether oxygens (including phenoxy) is 1. The minimum atomic E-state index is -1.17. The van der Waals surface area contributed by atoms with Gasteiger partial charge in [-0.3, -0.25) is 4.79 Å². The van der Waals surface area contributed by atoms with E-state index in [1.54, 1.807) is 6.07 Å². The molecule has 1 rings (SSSR count). The predicted octanol–water partition coefficient (Wildman–Crippen LogP) is 1.10. The molecule has 0 heterocycles. The number of allylic oxidation sites excluding steroid dienone is 1. The van der Waals surface area contributed by atoms with E-state index in [4.69, 9.17) is 15.6 Å². The molecule has 0 spiro atoms. The molecule has 16 heavy (non-hydrogen) atoms. The van der Waals surface area contributed by atoms with Crippen molar-refractivity contribution in [1.82, 2.24) is 0 Å². The molecule has 0 saturated heterocycles. The number of methoxy groups -OCH3 is 1. The van der Waals surface area contributed by atoms with E-state index in [-0.39, 0.29) is 0 Å². The highest BCUT2D eigenvalue weighted by molar-refractivity contribution is 6.07. The summed E-state index contributed by atoms with van der Waals surface area (Å²) in [6, 6.07) is 4.51. The maximum absolute atomic E-state index is 11.5. The van der Waals surface area contributed by atoms with E-state index in [9.17, 15) is 9.59 Å². The Balaban J connectivity index is 2.93. The van der Waals surface area contributed by atoms with Gasteiger partial charge >= 0.3 is 5.97 Å². The summed E-state index contributed by atoms with van der Waals surface area (Å²) < 4.78 is 4.93. The lowest BCUT2D eigenvalue weighted by Crippen LogP contribution is -1.99. The molecule has 0 fully saturated rings. The number of rotatable bonds is 4. The second kappa shape index (κ2) is 4.97. The summed E-state index contributed by atoms with van der Waals surface area (Å²) in [6.07, 6.45) is 1.76. The largest absolute Gasteiger partial charge is 0.495 e. The standard InChI is InChI=1S/C11H11NO4/c1-16-10-4-2-7(6-8(10)12)9(13)3-5-11(14)15/h2-6H,12H2,1H3,(H,14,15)/b5-3+. The van der Waals surface area contributed by atoms with Crippen molar-refractivity contribution in [3.63, 3.8) is 0 Å². The fraction of sp³-hybridized carbons (Fsp3) is 0.0909. The van der Waals surface area contributed by atoms with Gasteiger partial charge in [-0.1, -0.05) is 0 Å². The van der Waals surface area contributed by atoms with E-state index in [1.807, 2.05) is 0 Å². The molecule has 0 atom stereocenters. The van der Waals surface area contributed by atoms with Crippen LogP contribution in [0.4, 0.5) is 5.69 Å². The molecule has 0 aliphatic heterocycles. The van der Waals surface area contributed by atoms with Gasteiger partial charge in [0, 0.05) is 11.6 Å². The smallest absolute Gasteiger partial charge is 0.328 e. The Morgan fingerprint density at radius 2 is 2.06 bits per heavy atom. The van der Waals surface area contributed by atoms with Crippen LogP contribution in [-0.4, -0.2) is 24.0 Å². The highest BCUT2D eigenvalue weighted by Gasteiger charge is 2.06. The SMILES string of the molecule is COc1ccc(C(=O)/C=C/C(=O)O)cc1N. The van der Waals surface area contributed by atoms with E-state index < -0.39 is 11.8 Å². The van der Waals surface area contributed by atoms with Gasteiger partial charge in [0.05, 0.1) is 12.8 Å². The van der Waals surface area contributed by atoms with Crippen molar-refractivity contribution in [2.24, 2.45) is 0 Å². The molecule has 0 bridgehead atoms. The average Bonchev–Trinajstić information content (AvgIpc) is 2.25. The second-order valence-corrected chi connectivity index (χ2v) is 2.99. The Morgan fingerprint density at radius 1 is 1.38 bits per heavy atom. The molecule has 0 saturated carbocycles. The number of benzene rings is 1. The van der Waals surface area contributed by atoms with Crippen molar-refractivity contribution in [2.75, 3.05) is 12.8 Å². The van der Waals surface area contributed by atoms with Crippen LogP contribution in [-0.2, 0) is 4.79 Å². The first-order valence-electron chi connectivity index (χ1n) is 4.43. The summed E-state index contributed by atoms with van der Waals surface area (Å²) in [5.41, 5.74) is 6.25. The number of carbonyl (C=O) groups excluding carboxylic acids is 1. The highest BCUT2D eigenvalue weighted by Crippen LogP contribution is 2.22. The summed E-state index contributed by atoms with van der Waals surface area (Å²) in [4.78, 5) is 21.7. The zero-order valence-electron chi connectivity index (χ0n) is 8.64. The summed E-state index contributed by atoms with van der Waals surface area (Å²) in [5, 5.41) is 8.36. The van der Waals surface area contributed by atoms with Crippen molar-refractivity contribution >= 4 is 17.4 Å². The normalized spacial score (nSPS) is 10.3. The van der Waals surface area contributed by atoms with E-state index in [2.05, 4.69) is 0 Å². The molecule has 84 valence electrons. The third-order valence-electron chi connectivity index (χ3n) is 1.89. The number of nitrogens with two attached hydrogens (primary N) is 1. The monoisotopic (exact) mass is 221 g/mol. The highest BCUT2D eigenvalue weighted by atomic mass is 16.5. The third-order valence-corrected chi connectivity index (χ3v) is 1.89. The van der Waals surface area contributed by atoms with Crippen LogP contribution in [0.3, 0.4) is 0 Å². The van der Waals surface area contributed by atoms with Crippen LogP contribution in [0.15, 0.2) is 30.4 Å². The van der Waals surface area contributed by atoms with Gasteiger partial charge in [0.1, 0.15) is 5.75 Å². The van der Waals surface area contributed by atoms with E-state index in [1.165, 1.54) is 19.2 Å².